The van der Waals surface area contributed by atoms with Crippen LogP contribution in [0.15, 0.2) is 24.3 Å². The van der Waals surface area contributed by atoms with Crippen molar-refractivity contribution in [2.45, 2.75) is 64.9 Å². The van der Waals surface area contributed by atoms with Crippen LogP contribution in [-0.4, -0.2) is 11.2 Å². The highest BCUT2D eigenvalue weighted by atomic mass is 16.3. The molecular weight excluding hydrogens is 208 g/mol. The van der Waals surface area contributed by atoms with Crippen molar-refractivity contribution in [3.8, 4) is 0 Å². The van der Waals surface area contributed by atoms with Crippen LogP contribution in [0.5, 0.6) is 0 Å². The van der Waals surface area contributed by atoms with Crippen molar-refractivity contribution in [1.29, 1.82) is 0 Å². The number of aliphatic hydroxyl groups is 1. The van der Waals surface area contributed by atoms with E-state index >= 15 is 0 Å². The lowest BCUT2D eigenvalue weighted by molar-refractivity contribution is 0.215. The predicted molar refractivity (Wildman–Crippen MR) is 74.9 cm³/mol. The first-order chi connectivity index (χ1) is 8.26. The summed E-state index contributed by atoms with van der Waals surface area (Å²) in [6, 6.07) is 0. The monoisotopic (exact) mass is 236 g/mol. The van der Waals surface area contributed by atoms with Gasteiger partial charge in [-0.2, -0.15) is 0 Å². The molecule has 1 heteroatoms. The molecular formula is C16H28O. The average Bonchev–Trinajstić information content (AvgIpc) is 2.74. The van der Waals surface area contributed by atoms with Crippen molar-refractivity contribution < 1.29 is 5.11 Å². The van der Waals surface area contributed by atoms with Gasteiger partial charge >= 0.3 is 0 Å². The van der Waals surface area contributed by atoms with Gasteiger partial charge in [-0.05, 0) is 31.1 Å². The fourth-order valence-electron chi connectivity index (χ4n) is 2.42. The minimum Gasteiger partial charge on any atom is -0.389 e. The minimum absolute atomic E-state index is 0.214. The van der Waals surface area contributed by atoms with Crippen LogP contribution in [-0.2, 0) is 0 Å². The third-order valence-corrected chi connectivity index (χ3v) is 3.58. The Morgan fingerprint density at radius 2 is 1.82 bits per heavy atom. The van der Waals surface area contributed by atoms with E-state index in [0.29, 0.717) is 5.92 Å². The Bertz CT molecular complexity index is 234. The largest absolute Gasteiger partial charge is 0.389 e. The van der Waals surface area contributed by atoms with E-state index in [0.717, 1.165) is 12.3 Å². The fourth-order valence-corrected chi connectivity index (χ4v) is 2.42. The zero-order valence-electron chi connectivity index (χ0n) is 11.4. The third-order valence-electron chi connectivity index (χ3n) is 3.58. The topological polar surface area (TPSA) is 20.2 Å². The molecule has 0 aliphatic heterocycles. The van der Waals surface area contributed by atoms with Gasteiger partial charge in [0.05, 0.1) is 6.10 Å². The summed E-state index contributed by atoms with van der Waals surface area (Å²) < 4.78 is 0. The zero-order chi connectivity index (χ0) is 12.5. The van der Waals surface area contributed by atoms with E-state index in [4.69, 9.17) is 0 Å². The van der Waals surface area contributed by atoms with E-state index < -0.39 is 0 Å². The predicted octanol–water partition coefficient (Wildman–Crippen LogP) is 4.48. The lowest BCUT2D eigenvalue weighted by atomic mass is 9.94. The van der Waals surface area contributed by atoms with Gasteiger partial charge in [0, 0.05) is 0 Å². The van der Waals surface area contributed by atoms with Crippen molar-refractivity contribution in [3.63, 3.8) is 0 Å². The molecule has 0 amide bonds. The van der Waals surface area contributed by atoms with E-state index in [2.05, 4.69) is 32.1 Å². The molecule has 1 aliphatic rings. The Balaban J connectivity index is 2.35. The molecule has 0 aromatic heterocycles. The summed E-state index contributed by atoms with van der Waals surface area (Å²) in [4.78, 5) is 0. The van der Waals surface area contributed by atoms with Gasteiger partial charge < -0.3 is 5.11 Å². The van der Waals surface area contributed by atoms with Gasteiger partial charge in [-0.25, -0.2) is 0 Å². The number of aliphatic hydroxyl groups excluding tert-OH is 1. The number of rotatable bonds is 8. The van der Waals surface area contributed by atoms with Gasteiger partial charge in [0.2, 0.25) is 0 Å². The summed E-state index contributed by atoms with van der Waals surface area (Å²) in [6.07, 6.45) is 17.3. The Morgan fingerprint density at radius 3 is 2.29 bits per heavy atom. The second-order valence-electron chi connectivity index (χ2n) is 5.28. The first kappa shape index (κ1) is 14.5. The van der Waals surface area contributed by atoms with Crippen molar-refractivity contribution in [2.75, 3.05) is 0 Å². The Kier molecular flexibility index (Phi) is 7.27. The maximum absolute atomic E-state index is 9.43. The summed E-state index contributed by atoms with van der Waals surface area (Å²) >= 11 is 0. The number of allylic oxidation sites excluding steroid dienone is 3. The summed E-state index contributed by atoms with van der Waals surface area (Å²) in [5.41, 5.74) is 0. The van der Waals surface area contributed by atoms with Crippen molar-refractivity contribution in [2.24, 2.45) is 11.8 Å². The number of hydrogen-bond acceptors (Lipinski definition) is 1. The molecule has 1 N–H and O–H groups in total. The van der Waals surface area contributed by atoms with Crippen LogP contribution in [0.2, 0.25) is 0 Å². The molecule has 0 aromatic rings. The van der Waals surface area contributed by atoms with Crippen LogP contribution < -0.4 is 0 Å². The van der Waals surface area contributed by atoms with Crippen LogP contribution in [0.25, 0.3) is 0 Å². The van der Waals surface area contributed by atoms with Crippen molar-refractivity contribution in [1.82, 2.24) is 0 Å². The molecule has 0 spiro atoms. The molecule has 1 aliphatic carbocycles. The molecule has 1 rings (SSSR count). The maximum Gasteiger partial charge on any atom is 0.0729 e. The van der Waals surface area contributed by atoms with E-state index in [9.17, 15) is 5.11 Å². The van der Waals surface area contributed by atoms with Crippen molar-refractivity contribution >= 4 is 0 Å². The van der Waals surface area contributed by atoms with E-state index in [1.807, 2.05) is 6.08 Å². The highest BCUT2D eigenvalue weighted by molar-refractivity contribution is 5.10. The van der Waals surface area contributed by atoms with Crippen LogP contribution >= 0.6 is 0 Å². The highest BCUT2D eigenvalue weighted by Crippen LogP contribution is 2.22. The minimum atomic E-state index is -0.214. The normalized spacial score (nSPS) is 24.2. The molecule has 0 saturated heterocycles. The van der Waals surface area contributed by atoms with Gasteiger partial charge in [-0.3, -0.25) is 0 Å². The molecule has 0 fully saturated rings. The van der Waals surface area contributed by atoms with Gasteiger partial charge in [-0.1, -0.05) is 63.8 Å². The van der Waals surface area contributed by atoms with Crippen LogP contribution in [0, 0.1) is 11.8 Å². The van der Waals surface area contributed by atoms with Gasteiger partial charge in [0.25, 0.3) is 0 Å². The fraction of sp³-hybridized carbons (Fsp3) is 0.750. The zero-order valence-corrected chi connectivity index (χ0v) is 11.4. The first-order valence-corrected chi connectivity index (χ1v) is 7.31. The van der Waals surface area contributed by atoms with Crippen LogP contribution in [0.4, 0.5) is 0 Å². The summed E-state index contributed by atoms with van der Waals surface area (Å²) in [5, 5.41) is 9.43. The molecule has 0 heterocycles. The molecule has 2 atom stereocenters. The average molecular weight is 236 g/mol. The van der Waals surface area contributed by atoms with E-state index in [1.165, 1.54) is 38.5 Å². The Hall–Kier alpha value is -0.560. The van der Waals surface area contributed by atoms with Crippen LogP contribution in [0.3, 0.4) is 0 Å². The lowest BCUT2D eigenvalue weighted by Crippen LogP contribution is -2.01. The third kappa shape index (κ3) is 6.07. The van der Waals surface area contributed by atoms with E-state index in [-0.39, 0.29) is 6.10 Å². The first-order valence-electron chi connectivity index (χ1n) is 7.31. The van der Waals surface area contributed by atoms with Crippen LogP contribution in [0.1, 0.15) is 58.8 Å². The molecule has 2 unspecified atom stereocenters. The molecule has 0 saturated carbocycles. The molecule has 1 nitrogen and oxygen atoms in total. The summed E-state index contributed by atoms with van der Waals surface area (Å²) in [5.74, 6) is 1.22. The Labute approximate surface area is 107 Å². The van der Waals surface area contributed by atoms with Crippen molar-refractivity contribution in [3.05, 3.63) is 24.3 Å². The second kappa shape index (κ2) is 8.52. The number of hydrogen-bond donors (Lipinski definition) is 1. The number of unbranched alkanes of at least 4 members (excludes halogenated alkanes) is 2. The highest BCUT2D eigenvalue weighted by Gasteiger charge is 2.14. The van der Waals surface area contributed by atoms with Gasteiger partial charge in [0.1, 0.15) is 0 Å². The SMILES string of the molecule is CCCCC(C=CC1C=CC(O)C1)CCCC. The smallest absolute Gasteiger partial charge is 0.0729 e. The molecule has 98 valence electrons. The molecule has 0 bridgehead atoms. The maximum atomic E-state index is 9.43. The Morgan fingerprint density at radius 1 is 1.18 bits per heavy atom. The second-order valence-corrected chi connectivity index (χ2v) is 5.28. The van der Waals surface area contributed by atoms with Gasteiger partial charge in [0.15, 0.2) is 0 Å². The summed E-state index contributed by atoms with van der Waals surface area (Å²) in [6.45, 7) is 4.52. The van der Waals surface area contributed by atoms with E-state index in [1.54, 1.807) is 0 Å². The lowest BCUT2D eigenvalue weighted by Gasteiger charge is -2.12. The summed E-state index contributed by atoms with van der Waals surface area (Å²) in [7, 11) is 0. The van der Waals surface area contributed by atoms with Gasteiger partial charge in [-0.15, -0.1) is 0 Å². The standard InChI is InChI=1S/C16H28O/c1-3-5-7-14(8-6-4-2)9-10-15-11-12-16(17)13-15/h9-12,14-17H,3-8,13H2,1-2H3. The quantitative estimate of drug-likeness (QED) is 0.616. The molecule has 0 aromatic carbocycles. The molecule has 17 heavy (non-hydrogen) atoms. The molecule has 0 radical (unpaired) electrons.